The van der Waals surface area contributed by atoms with Gasteiger partial charge in [0.25, 0.3) is 0 Å². The van der Waals surface area contributed by atoms with Gasteiger partial charge >= 0.3 is 0 Å². The van der Waals surface area contributed by atoms with Crippen LogP contribution in [0.5, 0.6) is 0 Å². The number of fused-ring (bicyclic) bond motifs is 1. The molecule has 28 heavy (non-hydrogen) atoms. The maximum absolute atomic E-state index is 6.25. The fourth-order valence-corrected chi connectivity index (χ4v) is 3.48. The molecule has 0 radical (unpaired) electrons. The Kier molecular flexibility index (Phi) is 5.84. The van der Waals surface area contributed by atoms with Crippen LogP contribution < -0.4 is 0 Å². The lowest BCUT2D eigenvalue weighted by atomic mass is 10.0. The van der Waals surface area contributed by atoms with Crippen LogP contribution in [-0.4, -0.2) is 4.98 Å². The van der Waals surface area contributed by atoms with Gasteiger partial charge in [0, 0.05) is 16.0 Å². The summed E-state index contributed by atoms with van der Waals surface area (Å²) < 4.78 is 5.97. The molecule has 0 aliphatic heterocycles. The van der Waals surface area contributed by atoms with Crippen molar-refractivity contribution in [3.8, 4) is 11.3 Å². The summed E-state index contributed by atoms with van der Waals surface area (Å²) in [5, 5.41) is 2.59. The number of pyridine rings is 1. The molecule has 4 rings (SSSR count). The average Bonchev–Trinajstić information content (AvgIpc) is 2.70. The number of hydrogen-bond donors (Lipinski definition) is 0. The van der Waals surface area contributed by atoms with E-state index >= 15 is 0 Å². The summed E-state index contributed by atoms with van der Waals surface area (Å²) in [6.45, 7) is 0.967. The minimum atomic E-state index is 0.437. The molecule has 5 heteroatoms. The van der Waals surface area contributed by atoms with Gasteiger partial charge in [-0.15, -0.1) is 0 Å². The van der Waals surface area contributed by atoms with E-state index in [-0.39, 0.29) is 0 Å². The molecule has 0 bridgehead atoms. The highest BCUT2D eigenvalue weighted by atomic mass is 35.5. The van der Waals surface area contributed by atoms with Crippen LogP contribution in [0.15, 0.2) is 72.8 Å². The van der Waals surface area contributed by atoms with Crippen LogP contribution in [0.4, 0.5) is 0 Å². The van der Waals surface area contributed by atoms with Crippen molar-refractivity contribution in [2.75, 3.05) is 0 Å². The lowest BCUT2D eigenvalue weighted by molar-refractivity contribution is 0.108. The highest BCUT2D eigenvalue weighted by Crippen LogP contribution is 2.32. The van der Waals surface area contributed by atoms with Gasteiger partial charge in [0.15, 0.2) is 0 Å². The number of benzene rings is 3. The Hall–Kier alpha value is -2.10. The fraction of sp³-hybridized carbons (Fsp3) is 0.0870. The quantitative estimate of drug-likeness (QED) is 0.327. The van der Waals surface area contributed by atoms with E-state index in [0.717, 1.165) is 33.3 Å². The van der Waals surface area contributed by atoms with Crippen molar-refractivity contribution in [3.05, 3.63) is 99.0 Å². The molecule has 140 valence electrons. The predicted octanol–water partition coefficient (Wildman–Crippen LogP) is 7.58. The summed E-state index contributed by atoms with van der Waals surface area (Å²) in [4.78, 5) is 4.76. The van der Waals surface area contributed by atoms with Gasteiger partial charge in [-0.1, -0.05) is 77.3 Å². The molecule has 1 aromatic heterocycles. The van der Waals surface area contributed by atoms with Crippen molar-refractivity contribution in [1.29, 1.82) is 0 Å². The highest BCUT2D eigenvalue weighted by molar-refractivity contribution is 6.42. The van der Waals surface area contributed by atoms with Gasteiger partial charge in [-0.2, -0.15) is 0 Å². The van der Waals surface area contributed by atoms with Gasteiger partial charge in [0.2, 0.25) is 0 Å². The molecule has 3 aromatic carbocycles. The first kappa shape index (κ1) is 19.2. The molecule has 4 aromatic rings. The van der Waals surface area contributed by atoms with Crippen LogP contribution in [0.2, 0.25) is 15.1 Å². The summed E-state index contributed by atoms with van der Waals surface area (Å²) in [7, 11) is 0. The SMILES string of the molecule is Clc1ccc(-c2cc(COCc3ccccc3)c3cc(Cl)c(Cl)cc3n2)cc1. The van der Waals surface area contributed by atoms with Crippen molar-refractivity contribution < 1.29 is 4.74 Å². The van der Waals surface area contributed by atoms with Crippen LogP contribution in [0, 0.1) is 0 Å². The first-order chi connectivity index (χ1) is 13.6. The van der Waals surface area contributed by atoms with Crippen molar-refractivity contribution in [1.82, 2.24) is 4.98 Å². The average molecular weight is 429 g/mol. The van der Waals surface area contributed by atoms with E-state index in [1.807, 2.05) is 66.7 Å². The highest BCUT2D eigenvalue weighted by Gasteiger charge is 2.11. The molecule has 0 unspecified atom stereocenters. The number of halogens is 3. The molecule has 0 spiro atoms. The van der Waals surface area contributed by atoms with Crippen molar-refractivity contribution in [3.63, 3.8) is 0 Å². The van der Waals surface area contributed by atoms with E-state index in [1.165, 1.54) is 0 Å². The van der Waals surface area contributed by atoms with E-state index in [2.05, 4.69) is 0 Å². The smallest absolute Gasteiger partial charge is 0.0729 e. The Morgan fingerprint density at radius 2 is 1.46 bits per heavy atom. The van der Waals surface area contributed by atoms with Crippen LogP contribution in [0.3, 0.4) is 0 Å². The van der Waals surface area contributed by atoms with Crippen LogP contribution in [-0.2, 0) is 18.0 Å². The fourth-order valence-electron chi connectivity index (χ4n) is 3.03. The Morgan fingerprint density at radius 1 is 0.750 bits per heavy atom. The molecule has 0 atom stereocenters. The number of hydrogen-bond acceptors (Lipinski definition) is 2. The monoisotopic (exact) mass is 427 g/mol. The second-order valence-electron chi connectivity index (χ2n) is 6.44. The van der Waals surface area contributed by atoms with Gasteiger partial charge in [0.1, 0.15) is 0 Å². The minimum Gasteiger partial charge on any atom is -0.372 e. The summed E-state index contributed by atoms with van der Waals surface area (Å²) >= 11 is 18.5. The third kappa shape index (κ3) is 4.31. The first-order valence-electron chi connectivity index (χ1n) is 8.76. The molecule has 0 amide bonds. The van der Waals surface area contributed by atoms with Crippen molar-refractivity contribution in [2.24, 2.45) is 0 Å². The maximum Gasteiger partial charge on any atom is 0.0729 e. The van der Waals surface area contributed by atoms with Crippen LogP contribution in [0.25, 0.3) is 22.2 Å². The largest absolute Gasteiger partial charge is 0.372 e. The lowest BCUT2D eigenvalue weighted by Crippen LogP contribution is -1.98. The van der Waals surface area contributed by atoms with E-state index in [4.69, 9.17) is 44.5 Å². The van der Waals surface area contributed by atoms with Gasteiger partial charge in [-0.05, 0) is 41.5 Å². The van der Waals surface area contributed by atoms with E-state index in [0.29, 0.717) is 28.3 Å². The number of ether oxygens (including phenoxy) is 1. The molecule has 0 fully saturated rings. The standard InChI is InChI=1S/C23H16Cl3NO/c24-18-8-6-16(7-9-18)22-10-17(14-28-13-15-4-2-1-3-5-15)19-11-20(25)21(26)12-23(19)27-22/h1-12H,13-14H2. The van der Waals surface area contributed by atoms with Gasteiger partial charge in [0.05, 0.1) is 34.5 Å². The van der Waals surface area contributed by atoms with Crippen molar-refractivity contribution in [2.45, 2.75) is 13.2 Å². The minimum absolute atomic E-state index is 0.437. The predicted molar refractivity (Wildman–Crippen MR) is 117 cm³/mol. The van der Waals surface area contributed by atoms with Crippen molar-refractivity contribution >= 4 is 45.7 Å². The molecule has 0 saturated carbocycles. The Bertz CT molecular complexity index is 1110. The molecule has 1 heterocycles. The van der Waals surface area contributed by atoms with Crippen LogP contribution >= 0.6 is 34.8 Å². The first-order valence-corrected chi connectivity index (χ1v) is 9.90. The second kappa shape index (κ2) is 8.50. The molecule has 0 N–H and O–H groups in total. The van der Waals surface area contributed by atoms with E-state index in [1.54, 1.807) is 6.07 Å². The lowest BCUT2D eigenvalue weighted by Gasteiger charge is -2.12. The number of aromatic nitrogens is 1. The molecule has 2 nitrogen and oxygen atoms in total. The molecule has 0 aliphatic rings. The zero-order chi connectivity index (χ0) is 19.5. The Labute approximate surface area is 178 Å². The number of rotatable bonds is 5. The topological polar surface area (TPSA) is 22.1 Å². The van der Waals surface area contributed by atoms with Crippen LogP contribution in [0.1, 0.15) is 11.1 Å². The molecular formula is C23H16Cl3NO. The third-order valence-electron chi connectivity index (χ3n) is 4.45. The zero-order valence-electron chi connectivity index (χ0n) is 14.8. The Balaban J connectivity index is 1.71. The third-order valence-corrected chi connectivity index (χ3v) is 5.42. The summed E-state index contributed by atoms with van der Waals surface area (Å²) in [6, 6.07) is 23.3. The Morgan fingerprint density at radius 3 is 2.21 bits per heavy atom. The molecule has 0 saturated heterocycles. The summed E-state index contributed by atoms with van der Waals surface area (Å²) in [5.74, 6) is 0. The molecule has 0 aliphatic carbocycles. The van der Waals surface area contributed by atoms with E-state index < -0.39 is 0 Å². The van der Waals surface area contributed by atoms with Gasteiger partial charge in [-0.25, -0.2) is 4.98 Å². The van der Waals surface area contributed by atoms with Gasteiger partial charge < -0.3 is 4.74 Å². The number of nitrogens with zero attached hydrogens (tertiary/aromatic N) is 1. The maximum atomic E-state index is 6.25. The van der Waals surface area contributed by atoms with Gasteiger partial charge in [-0.3, -0.25) is 0 Å². The second-order valence-corrected chi connectivity index (χ2v) is 7.69. The summed E-state index contributed by atoms with van der Waals surface area (Å²) in [5.41, 5.74) is 4.71. The zero-order valence-corrected chi connectivity index (χ0v) is 17.1. The molecular weight excluding hydrogens is 413 g/mol. The summed E-state index contributed by atoms with van der Waals surface area (Å²) in [6.07, 6.45) is 0. The normalized spacial score (nSPS) is 11.1. The van der Waals surface area contributed by atoms with E-state index in [9.17, 15) is 0 Å².